The first-order valence-electron chi connectivity index (χ1n) is 8.65. The Morgan fingerprint density at radius 1 is 0.808 bits per heavy atom. The second kappa shape index (κ2) is 7.31. The lowest BCUT2D eigenvalue weighted by Gasteiger charge is -2.35. The Bertz CT molecular complexity index is 860. The topological polar surface area (TPSA) is 62.2 Å². The van der Waals surface area contributed by atoms with Crippen molar-refractivity contribution in [2.24, 2.45) is 0 Å². The molecule has 0 radical (unpaired) electrons. The molecular formula is C20H19N5O. The summed E-state index contributed by atoms with van der Waals surface area (Å²) in [5.74, 6) is 0.930. The molecule has 0 aliphatic carbocycles. The van der Waals surface area contributed by atoms with Crippen molar-refractivity contribution in [3.63, 3.8) is 0 Å². The summed E-state index contributed by atoms with van der Waals surface area (Å²) in [6.45, 7) is 2.87. The Hall–Kier alpha value is -3.28. The fourth-order valence-corrected chi connectivity index (χ4v) is 3.07. The fourth-order valence-electron chi connectivity index (χ4n) is 3.07. The lowest BCUT2D eigenvalue weighted by atomic mass is 10.2. The molecular weight excluding hydrogens is 326 g/mol. The first-order valence-corrected chi connectivity index (χ1v) is 8.65. The van der Waals surface area contributed by atoms with Crippen LogP contribution in [0.3, 0.4) is 0 Å². The van der Waals surface area contributed by atoms with Crippen LogP contribution in [0.15, 0.2) is 67.0 Å². The normalized spacial score (nSPS) is 14.3. The number of anilines is 1. The van der Waals surface area contributed by atoms with E-state index in [0.717, 1.165) is 35.7 Å². The third-order valence-corrected chi connectivity index (χ3v) is 4.54. The van der Waals surface area contributed by atoms with Gasteiger partial charge in [0.05, 0.1) is 5.69 Å². The second-order valence-electron chi connectivity index (χ2n) is 6.16. The molecule has 4 rings (SSSR count). The number of amides is 1. The number of aromatic nitrogens is 3. The highest BCUT2D eigenvalue weighted by Crippen LogP contribution is 2.19. The highest BCUT2D eigenvalue weighted by molar-refractivity contribution is 5.94. The molecule has 0 bridgehead atoms. The van der Waals surface area contributed by atoms with Crippen molar-refractivity contribution in [3.05, 3.63) is 72.6 Å². The zero-order valence-corrected chi connectivity index (χ0v) is 14.3. The van der Waals surface area contributed by atoms with E-state index in [1.165, 1.54) is 0 Å². The van der Waals surface area contributed by atoms with E-state index in [0.29, 0.717) is 13.1 Å². The van der Waals surface area contributed by atoms with Gasteiger partial charge in [-0.2, -0.15) is 0 Å². The SMILES string of the molecule is O=C(c1ccccc1)N1CCN(c2ccc(-c3ccncc3)nn2)CC1. The monoisotopic (exact) mass is 345 g/mol. The first-order chi connectivity index (χ1) is 12.8. The van der Waals surface area contributed by atoms with E-state index >= 15 is 0 Å². The van der Waals surface area contributed by atoms with Crippen molar-refractivity contribution in [2.45, 2.75) is 0 Å². The van der Waals surface area contributed by atoms with Crippen LogP contribution in [0.2, 0.25) is 0 Å². The van der Waals surface area contributed by atoms with Gasteiger partial charge in [0.25, 0.3) is 5.91 Å². The maximum Gasteiger partial charge on any atom is 0.253 e. The summed E-state index contributed by atoms with van der Waals surface area (Å²) < 4.78 is 0. The number of piperazine rings is 1. The first kappa shape index (κ1) is 16.2. The number of rotatable bonds is 3. The predicted octanol–water partition coefficient (Wildman–Crippen LogP) is 2.50. The fraction of sp³-hybridized carbons (Fsp3) is 0.200. The van der Waals surface area contributed by atoms with E-state index in [-0.39, 0.29) is 5.91 Å². The number of pyridine rings is 1. The minimum absolute atomic E-state index is 0.0874. The van der Waals surface area contributed by atoms with Crippen LogP contribution >= 0.6 is 0 Å². The van der Waals surface area contributed by atoms with Crippen LogP contribution in [-0.2, 0) is 0 Å². The summed E-state index contributed by atoms with van der Waals surface area (Å²) in [5, 5.41) is 8.68. The number of carbonyl (C=O) groups excluding carboxylic acids is 1. The van der Waals surface area contributed by atoms with Crippen LogP contribution in [0.1, 0.15) is 10.4 Å². The third kappa shape index (κ3) is 3.39. The average Bonchev–Trinajstić information content (AvgIpc) is 2.75. The van der Waals surface area contributed by atoms with Crippen LogP contribution in [0.5, 0.6) is 0 Å². The second-order valence-corrected chi connectivity index (χ2v) is 6.16. The lowest BCUT2D eigenvalue weighted by Crippen LogP contribution is -2.49. The molecule has 26 heavy (non-hydrogen) atoms. The van der Waals surface area contributed by atoms with Gasteiger partial charge in [-0.1, -0.05) is 18.2 Å². The summed E-state index contributed by atoms with van der Waals surface area (Å²) in [6.07, 6.45) is 3.49. The van der Waals surface area contributed by atoms with Crippen molar-refractivity contribution >= 4 is 11.7 Å². The van der Waals surface area contributed by atoms with E-state index in [4.69, 9.17) is 0 Å². The van der Waals surface area contributed by atoms with Gasteiger partial charge in [0.2, 0.25) is 0 Å². The molecule has 0 spiro atoms. The number of hydrogen-bond acceptors (Lipinski definition) is 5. The predicted molar refractivity (Wildman–Crippen MR) is 99.8 cm³/mol. The molecule has 6 heteroatoms. The molecule has 2 aromatic heterocycles. The van der Waals surface area contributed by atoms with Crippen LogP contribution < -0.4 is 4.90 Å². The van der Waals surface area contributed by atoms with Crippen molar-refractivity contribution < 1.29 is 4.79 Å². The van der Waals surface area contributed by atoms with E-state index < -0.39 is 0 Å². The molecule has 0 N–H and O–H groups in total. The van der Waals surface area contributed by atoms with Crippen LogP contribution in [0.4, 0.5) is 5.82 Å². The van der Waals surface area contributed by atoms with Crippen LogP contribution in [0, 0.1) is 0 Å². The molecule has 1 amide bonds. The standard InChI is InChI=1S/C20H19N5O/c26-20(17-4-2-1-3-5-17)25-14-12-24(13-15-25)19-7-6-18(22-23-19)16-8-10-21-11-9-16/h1-11H,12-15H2. The van der Waals surface area contributed by atoms with Gasteiger partial charge in [-0.25, -0.2) is 0 Å². The molecule has 0 unspecified atom stereocenters. The number of nitrogens with zero attached hydrogens (tertiary/aromatic N) is 5. The summed E-state index contributed by atoms with van der Waals surface area (Å²) in [7, 11) is 0. The van der Waals surface area contributed by atoms with Crippen molar-refractivity contribution in [3.8, 4) is 11.3 Å². The van der Waals surface area contributed by atoms with E-state index in [1.54, 1.807) is 12.4 Å². The molecule has 1 aromatic carbocycles. The molecule has 130 valence electrons. The number of hydrogen-bond donors (Lipinski definition) is 0. The van der Waals surface area contributed by atoms with Gasteiger partial charge in [-0.15, -0.1) is 10.2 Å². The third-order valence-electron chi connectivity index (χ3n) is 4.54. The molecule has 0 atom stereocenters. The summed E-state index contributed by atoms with van der Waals surface area (Å²) >= 11 is 0. The zero-order chi connectivity index (χ0) is 17.8. The van der Waals surface area contributed by atoms with Crippen molar-refractivity contribution in [2.75, 3.05) is 31.1 Å². The minimum Gasteiger partial charge on any atom is -0.352 e. The smallest absolute Gasteiger partial charge is 0.253 e. The van der Waals surface area contributed by atoms with Crippen molar-refractivity contribution in [1.29, 1.82) is 0 Å². The Labute approximate surface area is 152 Å². The van der Waals surface area contributed by atoms with Gasteiger partial charge in [-0.3, -0.25) is 9.78 Å². The maximum atomic E-state index is 12.5. The molecule has 1 aliphatic heterocycles. The average molecular weight is 345 g/mol. The minimum atomic E-state index is 0.0874. The summed E-state index contributed by atoms with van der Waals surface area (Å²) in [6, 6.07) is 17.2. The summed E-state index contributed by atoms with van der Waals surface area (Å²) in [4.78, 5) is 20.6. The highest BCUT2D eigenvalue weighted by Gasteiger charge is 2.22. The van der Waals surface area contributed by atoms with Crippen LogP contribution in [0.25, 0.3) is 11.3 Å². The molecule has 1 saturated heterocycles. The highest BCUT2D eigenvalue weighted by atomic mass is 16.2. The molecule has 3 aromatic rings. The molecule has 0 saturated carbocycles. The molecule has 6 nitrogen and oxygen atoms in total. The van der Waals surface area contributed by atoms with Crippen molar-refractivity contribution in [1.82, 2.24) is 20.1 Å². The van der Waals surface area contributed by atoms with Gasteiger partial charge >= 0.3 is 0 Å². The van der Waals surface area contributed by atoms with Gasteiger partial charge < -0.3 is 9.80 Å². The Balaban J connectivity index is 1.40. The van der Waals surface area contributed by atoms with Gasteiger partial charge in [-0.05, 0) is 36.4 Å². The molecule has 3 heterocycles. The Kier molecular flexibility index (Phi) is 4.55. The maximum absolute atomic E-state index is 12.5. The van der Waals surface area contributed by atoms with Crippen LogP contribution in [-0.4, -0.2) is 52.2 Å². The van der Waals surface area contributed by atoms with Gasteiger partial charge in [0.1, 0.15) is 0 Å². The Morgan fingerprint density at radius 3 is 2.19 bits per heavy atom. The quantitative estimate of drug-likeness (QED) is 0.730. The van der Waals surface area contributed by atoms with E-state index in [9.17, 15) is 4.79 Å². The summed E-state index contributed by atoms with van der Waals surface area (Å²) in [5.41, 5.74) is 2.56. The molecule has 1 aliphatic rings. The van der Waals surface area contributed by atoms with Gasteiger partial charge in [0, 0.05) is 49.7 Å². The number of benzene rings is 1. The zero-order valence-electron chi connectivity index (χ0n) is 14.3. The van der Waals surface area contributed by atoms with E-state index in [1.807, 2.05) is 59.5 Å². The number of carbonyl (C=O) groups is 1. The molecule has 1 fully saturated rings. The van der Waals surface area contributed by atoms with Gasteiger partial charge in [0.15, 0.2) is 5.82 Å². The van der Waals surface area contributed by atoms with E-state index in [2.05, 4.69) is 20.1 Å². The lowest BCUT2D eigenvalue weighted by molar-refractivity contribution is 0.0746. The Morgan fingerprint density at radius 2 is 1.54 bits per heavy atom. The largest absolute Gasteiger partial charge is 0.352 e.